The van der Waals surface area contributed by atoms with E-state index in [0.29, 0.717) is 27.8 Å². The molecule has 33 heavy (non-hydrogen) atoms. The fourth-order valence-electron chi connectivity index (χ4n) is 3.65. The molecule has 0 saturated carbocycles. The fourth-order valence-corrected chi connectivity index (χ4v) is 4.99. The van der Waals surface area contributed by atoms with Gasteiger partial charge in [-0.2, -0.15) is 0 Å². The van der Waals surface area contributed by atoms with Crippen LogP contribution in [0.2, 0.25) is 0 Å². The van der Waals surface area contributed by atoms with E-state index < -0.39 is 5.97 Å². The highest BCUT2D eigenvalue weighted by atomic mass is 32.1. The van der Waals surface area contributed by atoms with Crippen LogP contribution in [0.5, 0.6) is 0 Å². The Morgan fingerprint density at radius 1 is 1.03 bits per heavy atom. The summed E-state index contributed by atoms with van der Waals surface area (Å²) in [6.45, 7) is 3.71. The summed E-state index contributed by atoms with van der Waals surface area (Å²) in [5.41, 5.74) is 2.87. The third kappa shape index (κ3) is 5.58. The maximum absolute atomic E-state index is 12.5. The lowest BCUT2D eigenvalue weighted by Gasteiger charge is -2.15. The predicted molar refractivity (Wildman–Crippen MR) is 137 cm³/mol. The highest BCUT2D eigenvalue weighted by Crippen LogP contribution is 2.36. The summed E-state index contributed by atoms with van der Waals surface area (Å²) in [7, 11) is 0. The van der Waals surface area contributed by atoms with E-state index in [1.807, 2.05) is 53.4 Å². The molecule has 1 amide bonds. The summed E-state index contributed by atoms with van der Waals surface area (Å²) in [4.78, 5) is 27.8. The second-order valence-corrected chi connectivity index (χ2v) is 9.06. The minimum Gasteiger partial charge on any atom is -0.462 e. The first-order valence-corrected chi connectivity index (χ1v) is 12.1. The molecular formula is C25H25N3O3S2. The zero-order valence-corrected chi connectivity index (χ0v) is 19.9. The number of rotatable bonds is 6. The summed E-state index contributed by atoms with van der Waals surface area (Å²) in [5.74, 6) is -0.336. The van der Waals surface area contributed by atoms with E-state index in [-0.39, 0.29) is 5.91 Å². The largest absolute Gasteiger partial charge is 0.462 e. The number of benzene rings is 2. The van der Waals surface area contributed by atoms with Crippen LogP contribution in [0.25, 0.3) is 10.4 Å². The Labute approximate surface area is 202 Å². The molecule has 8 heteroatoms. The minimum atomic E-state index is -0.397. The van der Waals surface area contributed by atoms with Crippen molar-refractivity contribution in [3.05, 3.63) is 71.8 Å². The quantitative estimate of drug-likeness (QED) is 0.352. The first-order valence-electron chi connectivity index (χ1n) is 10.9. The lowest BCUT2D eigenvalue weighted by molar-refractivity contribution is 0.0528. The van der Waals surface area contributed by atoms with Crippen LogP contribution in [-0.4, -0.2) is 41.6 Å². The van der Waals surface area contributed by atoms with Crippen molar-refractivity contribution in [3.63, 3.8) is 0 Å². The molecular weight excluding hydrogens is 454 g/mol. The van der Waals surface area contributed by atoms with Gasteiger partial charge in [0.2, 0.25) is 0 Å². The number of amides is 1. The van der Waals surface area contributed by atoms with Crippen molar-refractivity contribution in [2.75, 3.05) is 30.3 Å². The number of carbonyl (C=O) groups excluding carboxylic acids is 2. The average molecular weight is 480 g/mol. The van der Waals surface area contributed by atoms with E-state index in [0.717, 1.165) is 42.1 Å². The van der Waals surface area contributed by atoms with E-state index in [2.05, 4.69) is 10.6 Å². The Bertz CT molecular complexity index is 1140. The average Bonchev–Trinajstić information content (AvgIpc) is 3.50. The summed E-state index contributed by atoms with van der Waals surface area (Å²) >= 11 is 6.92. The van der Waals surface area contributed by atoms with Gasteiger partial charge in [-0.25, -0.2) is 4.79 Å². The molecule has 0 spiro atoms. The molecule has 170 valence electrons. The Balaban J connectivity index is 1.46. The maximum Gasteiger partial charge on any atom is 0.341 e. The molecule has 2 heterocycles. The van der Waals surface area contributed by atoms with Gasteiger partial charge in [0.1, 0.15) is 5.00 Å². The SMILES string of the molecule is CCOC(=O)c1cc(-c2ccccc2)sc1NC(=S)Nc1ccc(C(=O)N2CCCC2)cc1. The van der Waals surface area contributed by atoms with Gasteiger partial charge < -0.3 is 20.3 Å². The van der Waals surface area contributed by atoms with Crippen LogP contribution in [0.1, 0.15) is 40.5 Å². The number of nitrogens with one attached hydrogen (secondary N) is 2. The van der Waals surface area contributed by atoms with Crippen LogP contribution in [0, 0.1) is 0 Å². The number of thiocarbonyl (C=S) groups is 1. The molecule has 3 aromatic rings. The number of nitrogens with zero attached hydrogens (tertiary/aromatic N) is 1. The van der Waals surface area contributed by atoms with Crippen molar-refractivity contribution in [2.45, 2.75) is 19.8 Å². The molecule has 0 atom stereocenters. The molecule has 4 rings (SSSR count). The van der Waals surface area contributed by atoms with Crippen LogP contribution < -0.4 is 10.6 Å². The van der Waals surface area contributed by atoms with Gasteiger partial charge in [-0.05, 0) is 67.9 Å². The fraction of sp³-hybridized carbons (Fsp3) is 0.240. The van der Waals surface area contributed by atoms with E-state index in [1.54, 1.807) is 19.1 Å². The molecule has 1 aliphatic heterocycles. The van der Waals surface area contributed by atoms with E-state index >= 15 is 0 Å². The molecule has 0 aliphatic carbocycles. The molecule has 0 radical (unpaired) electrons. The Morgan fingerprint density at radius 2 is 1.73 bits per heavy atom. The van der Waals surface area contributed by atoms with Crippen LogP contribution in [0.15, 0.2) is 60.7 Å². The lowest BCUT2D eigenvalue weighted by atomic mass is 10.1. The van der Waals surface area contributed by atoms with Gasteiger partial charge in [0, 0.05) is 29.2 Å². The van der Waals surface area contributed by atoms with Gasteiger partial charge in [-0.15, -0.1) is 11.3 Å². The number of hydrogen-bond donors (Lipinski definition) is 2. The zero-order valence-electron chi connectivity index (χ0n) is 18.3. The van der Waals surface area contributed by atoms with Gasteiger partial charge >= 0.3 is 5.97 Å². The summed E-state index contributed by atoms with van der Waals surface area (Å²) in [6, 6.07) is 18.9. The molecule has 1 saturated heterocycles. The van der Waals surface area contributed by atoms with Gasteiger partial charge in [0.15, 0.2) is 5.11 Å². The number of esters is 1. The Hall–Kier alpha value is -3.23. The van der Waals surface area contributed by atoms with E-state index in [4.69, 9.17) is 17.0 Å². The number of anilines is 2. The van der Waals surface area contributed by atoms with Gasteiger partial charge in [-0.3, -0.25) is 4.79 Å². The summed E-state index contributed by atoms with van der Waals surface area (Å²) in [6.07, 6.45) is 2.13. The van der Waals surface area contributed by atoms with Crippen LogP contribution in [-0.2, 0) is 4.74 Å². The topological polar surface area (TPSA) is 70.7 Å². The highest BCUT2D eigenvalue weighted by Gasteiger charge is 2.20. The number of likely N-dealkylation sites (tertiary alicyclic amines) is 1. The molecule has 1 aliphatic rings. The number of carbonyl (C=O) groups is 2. The molecule has 1 aromatic heterocycles. The van der Waals surface area contributed by atoms with Crippen molar-refractivity contribution in [2.24, 2.45) is 0 Å². The first-order chi connectivity index (χ1) is 16.0. The Morgan fingerprint density at radius 3 is 2.39 bits per heavy atom. The van der Waals surface area contributed by atoms with Gasteiger partial charge in [0.05, 0.1) is 12.2 Å². The second-order valence-electron chi connectivity index (χ2n) is 7.60. The molecule has 2 aromatic carbocycles. The monoisotopic (exact) mass is 479 g/mol. The van der Waals surface area contributed by atoms with E-state index in [1.165, 1.54) is 11.3 Å². The summed E-state index contributed by atoms with van der Waals surface area (Å²) < 4.78 is 5.22. The van der Waals surface area contributed by atoms with Crippen molar-refractivity contribution >= 4 is 51.2 Å². The molecule has 2 N–H and O–H groups in total. The number of hydrogen-bond acceptors (Lipinski definition) is 5. The summed E-state index contributed by atoms with van der Waals surface area (Å²) in [5, 5.41) is 7.22. The van der Waals surface area contributed by atoms with Crippen LogP contribution in [0.4, 0.5) is 10.7 Å². The number of ether oxygens (including phenoxy) is 1. The molecule has 0 unspecified atom stereocenters. The van der Waals surface area contributed by atoms with Crippen molar-refractivity contribution < 1.29 is 14.3 Å². The zero-order chi connectivity index (χ0) is 23.2. The molecule has 6 nitrogen and oxygen atoms in total. The third-order valence-corrected chi connectivity index (χ3v) is 6.60. The normalized spacial score (nSPS) is 12.9. The first kappa shape index (κ1) is 22.9. The van der Waals surface area contributed by atoms with Crippen LogP contribution >= 0.6 is 23.6 Å². The predicted octanol–water partition coefficient (Wildman–Crippen LogP) is 5.64. The standard InChI is InChI=1S/C25H25N3O3S2/c1-2-31-24(30)20-16-21(17-8-4-3-5-9-17)33-22(20)27-25(32)26-19-12-10-18(11-13-19)23(29)28-14-6-7-15-28/h3-5,8-13,16H,2,6-7,14-15H2,1H3,(H2,26,27,32). The minimum absolute atomic E-state index is 0.0610. The number of thiophene rings is 1. The van der Waals surface area contributed by atoms with Crippen molar-refractivity contribution in [3.8, 4) is 10.4 Å². The maximum atomic E-state index is 12.5. The third-order valence-electron chi connectivity index (χ3n) is 5.30. The van der Waals surface area contributed by atoms with Crippen LogP contribution in [0.3, 0.4) is 0 Å². The lowest BCUT2D eigenvalue weighted by Crippen LogP contribution is -2.27. The molecule has 1 fully saturated rings. The van der Waals surface area contributed by atoms with Crippen molar-refractivity contribution in [1.29, 1.82) is 0 Å². The molecule has 0 bridgehead atoms. The highest BCUT2D eigenvalue weighted by molar-refractivity contribution is 7.80. The van der Waals surface area contributed by atoms with Gasteiger partial charge in [0.25, 0.3) is 5.91 Å². The van der Waals surface area contributed by atoms with E-state index in [9.17, 15) is 9.59 Å². The van der Waals surface area contributed by atoms with Crippen molar-refractivity contribution in [1.82, 2.24) is 4.90 Å². The second kappa shape index (κ2) is 10.6. The van der Waals surface area contributed by atoms with Gasteiger partial charge in [-0.1, -0.05) is 30.3 Å². The Kier molecular flexibility index (Phi) is 7.36. The smallest absolute Gasteiger partial charge is 0.341 e.